The molecular formula is C16H24ClN3O. The van der Waals surface area contributed by atoms with E-state index in [9.17, 15) is 4.79 Å². The van der Waals surface area contributed by atoms with Crippen molar-refractivity contribution in [1.29, 1.82) is 0 Å². The van der Waals surface area contributed by atoms with Crippen LogP contribution in [0.5, 0.6) is 0 Å². The summed E-state index contributed by atoms with van der Waals surface area (Å²) in [5.74, 6) is 0.150. The molecule has 2 unspecified atom stereocenters. The molecule has 0 aromatic heterocycles. The molecule has 1 aromatic carbocycles. The van der Waals surface area contributed by atoms with Crippen LogP contribution in [-0.2, 0) is 4.79 Å². The molecule has 1 heterocycles. The molecular weight excluding hydrogens is 286 g/mol. The maximum atomic E-state index is 11.4. The molecule has 1 saturated heterocycles. The van der Waals surface area contributed by atoms with Gasteiger partial charge in [0.15, 0.2) is 0 Å². The van der Waals surface area contributed by atoms with Crippen LogP contribution in [0.4, 0.5) is 0 Å². The van der Waals surface area contributed by atoms with Crippen molar-refractivity contribution < 1.29 is 4.79 Å². The fourth-order valence-electron chi connectivity index (χ4n) is 2.93. The summed E-state index contributed by atoms with van der Waals surface area (Å²) in [7, 11) is 0. The average Bonchev–Trinajstić information content (AvgIpc) is 2.49. The summed E-state index contributed by atoms with van der Waals surface area (Å²) >= 11 is 5.98. The number of amides is 1. The van der Waals surface area contributed by atoms with Gasteiger partial charge in [0.1, 0.15) is 0 Å². The zero-order valence-electron chi connectivity index (χ0n) is 12.8. The van der Waals surface area contributed by atoms with Gasteiger partial charge in [-0.3, -0.25) is 9.69 Å². The van der Waals surface area contributed by atoms with Gasteiger partial charge in [-0.25, -0.2) is 0 Å². The Kier molecular flexibility index (Phi) is 5.62. The Morgan fingerprint density at radius 3 is 2.29 bits per heavy atom. The third kappa shape index (κ3) is 3.96. The standard InChI is InChI=1S/C16H24ClN3O/c1-3-15(18)16(13-4-6-14(17)7-5-13)20-10-8-19(9-11-20)12(2)21/h4-7,15-16H,3,8-11,18H2,1-2H3. The number of nitrogens with zero attached hydrogens (tertiary/aromatic N) is 2. The molecule has 1 aliphatic rings. The van der Waals surface area contributed by atoms with Gasteiger partial charge in [0.25, 0.3) is 0 Å². The van der Waals surface area contributed by atoms with Crippen LogP contribution in [0.1, 0.15) is 31.9 Å². The Bertz CT molecular complexity index is 469. The Hall–Kier alpha value is -1.10. The lowest BCUT2D eigenvalue weighted by Crippen LogP contribution is -2.52. The summed E-state index contributed by atoms with van der Waals surface area (Å²) in [5.41, 5.74) is 7.56. The molecule has 116 valence electrons. The molecule has 2 atom stereocenters. The Balaban J connectivity index is 2.14. The minimum absolute atomic E-state index is 0.0788. The van der Waals surface area contributed by atoms with Gasteiger partial charge in [-0.2, -0.15) is 0 Å². The molecule has 0 radical (unpaired) electrons. The van der Waals surface area contributed by atoms with Gasteiger partial charge in [0.2, 0.25) is 5.91 Å². The fraction of sp³-hybridized carbons (Fsp3) is 0.562. The normalized spacial score (nSPS) is 19.3. The number of hydrogen-bond donors (Lipinski definition) is 1. The smallest absolute Gasteiger partial charge is 0.219 e. The van der Waals surface area contributed by atoms with Crippen molar-refractivity contribution >= 4 is 17.5 Å². The van der Waals surface area contributed by atoms with E-state index in [-0.39, 0.29) is 18.0 Å². The SMILES string of the molecule is CCC(N)C(c1ccc(Cl)cc1)N1CCN(C(C)=O)CC1. The van der Waals surface area contributed by atoms with Crippen molar-refractivity contribution in [2.45, 2.75) is 32.4 Å². The number of nitrogens with two attached hydrogens (primary N) is 1. The summed E-state index contributed by atoms with van der Waals surface area (Å²) in [5, 5.41) is 0.740. The second-order valence-electron chi connectivity index (χ2n) is 5.61. The molecule has 0 bridgehead atoms. The monoisotopic (exact) mass is 309 g/mol. The van der Waals surface area contributed by atoms with Gasteiger partial charge < -0.3 is 10.6 Å². The molecule has 0 aliphatic carbocycles. The van der Waals surface area contributed by atoms with Crippen LogP contribution in [0, 0.1) is 0 Å². The quantitative estimate of drug-likeness (QED) is 0.928. The van der Waals surface area contributed by atoms with Crippen molar-refractivity contribution in [2.24, 2.45) is 5.73 Å². The van der Waals surface area contributed by atoms with Crippen molar-refractivity contribution in [3.05, 3.63) is 34.9 Å². The Morgan fingerprint density at radius 1 is 1.24 bits per heavy atom. The highest BCUT2D eigenvalue weighted by atomic mass is 35.5. The van der Waals surface area contributed by atoms with Crippen LogP contribution in [0.3, 0.4) is 0 Å². The summed E-state index contributed by atoms with van der Waals surface area (Å²) in [4.78, 5) is 15.7. The zero-order chi connectivity index (χ0) is 15.4. The highest BCUT2D eigenvalue weighted by Crippen LogP contribution is 2.27. The maximum Gasteiger partial charge on any atom is 0.219 e. The fourth-order valence-corrected chi connectivity index (χ4v) is 3.05. The van der Waals surface area contributed by atoms with E-state index in [2.05, 4.69) is 24.0 Å². The highest BCUT2D eigenvalue weighted by molar-refractivity contribution is 6.30. The third-order valence-electron chi connectivity index (χ3n) is 4.24. The zero-order valence-corrected chi connectivity index (χ0v) is 13.5. The van der Waals surface area contributed by atoms with Crippen LogP contribution < -0.4 is 5.73 Å². The molecule has 0 saturated carbocycles. The second-order valence-corrected chi connectivity index (χ2v) is 6.05. The number of halogens is 1. The molecule has 1 amide bonds. The van der Waals surface area contributed by atoms with Crippen LogP contribution in [0.25, 0.3) is 0 Å². The number of carbonyl (C=O) groups excluding carboxylic acids is 1. The van der Waals surface area contributed by atoms with Crippen LogP contribution in [-0.4, -0.2) is 47.9 Å². The second kappa shape index (κ2) is 7.25. The molecule has 1 aliphatic heterocycles. The van der Waals surface area contributed by atoms with Gasteiger partial charge >= 0.3 is 0 Å². The molecule has 0 spiro atoms. The van der Waals surface area contributed by atoms with E-state index in [0.29, 0.717) is 0 Å². The molecule has 2 N–H and O–H groups in total. The average molecular weight is 310 g/mol. The minimum atomic E-state index is 0.0788. The molecule has 21 heavy (non-hydrogen) atoms. The van der Waals surface area contributed by atoms with E-state index in [1.165, 1.54) is 5.56 Å². The number of benzene rings is 1. The number of rotatable bonds is 4. The topological polar surface area (TPSA) is 49.6 Å². The van der Waals surface area contributed by atoms with Gasteiger partial charge in [0, 0.05) is 44.2 Å². The number of carbonyl (C=O) groups is 1. The first-order chi connectivity index (χ1) is 10.0. The maximum absolute atomic E-state index is 11.4. The summed E-state index contributed by atoms with van der Waals surface area (Å²) < 4.78 is 0. The van der Waals surface area contributed by atoms with Crippen molar-refractivity contribution in [2.75, 3.05) is 26.2 Å². The largest absolute Gasteiger partial charge is 0.340 e. The van der Waals surface area contributed by atoms with E-state index >= 15 is 0 Å². The Labute approximate surface area is 131 Å². The molecule has 1 fully saturated rings. The van der Waals surface area contributed by atoms with E-state index in [4.69, 9.17) is 17.3 Å². The van der Waals surface area contributed by atoms with Gasteiger partial charge in [-0.15, -0.1) is 0 Å². The third-order valence-corrected chi connectivity index (χ3v) is 4.49. The van der Waals surface area contributed by atoms with E-state index in [1.807, 2.05) is 17.0 Å². The van der Waals surface area contributed by atoms with Crippen molar-refractivity contribution in [1.82, 2.24) is 9.80 Å². The Morgan fingerprint density at radius 2 is 1.81 bits per heavy atom. The lowest BCUT2D eigenvalue weighted by Gasteiger charge is -2.41. The highest BCUT2D eigenvalue weighted by Gasteiger charge is 2.29. The first-order valence-corrected chi connectivity index (χ1v) is 7.91. The van der Waals surface area contributed by atoms with E-state index in [0.717, 1.165) is 37.6 Å². The first-order valence-electron chi connectivity index (χ1n) is 7.53. The van der Waals surface area contributed by atoms with Crippen molar-refractivity contribution in [3.63, 3.8) is 0 Å². The van der Waals surface area contributed by atoms with E-state index < -0.39 is 0 Å². The lowest BCUT2D eigenvalue weighted by atomic mass is 9.95. The summed E-state index contributed by atoms with van der Waals surface area (Å²) in [6.45, 7) is 7.01. The predicted octanol–water partition coefficient (Wildman–Crippen LogP) is 2.28. The van der Waals surface area contributed by atoms with Crippen LogP contribution in [0.15, 0.2) is 24.3 Å². The van der Waals surface area contributed by atoms with Crippen molar-refractivity contribution in [3.8, 4) is 0 Å². The number of hydrogen-bond acceptors (Lipinski definition) is 3. The summed E-state index contributed by atoms with van der Waals surface area (Å²) in [6.07, 6.45) is 0.917. The van der Waals surface area contributed by atoms with E-state index in [1.54, 1.807) is 6.92 Å². The molecule has 2 rings (SSSR count). The summed E-state index contributed by atoms with van der Waals surface area (Å²) in [6, 6.07) is 8.20. The van der Waals surface area contributed by atoms with Gasteiger partial charge in [0.05, 0.1) is 6.04 Å². The van der Waals surface area contributed by atoms with Crippen LogP contribution >= 0.6 is 11.6 Å². The van der Waals surface area contributed by atoms with Gasteiger partial charge in [-0.05, 0) is 24.1 Å². The van der Waals surface area contributed by atoms with Gasteiger partial charge in [-0.1, -0.05) is 30.7 Å². The minimum Gasteiger partial charge on any atom is -0.340 e. The molecule has 4 nitrogen and oxygen atoms in total. The number of piperazine rings is 1. The lowest BCUT2D eigenvalue weighted by molar-refractivity contribution is -0.130. The first kappa shape index (κ1) is 16.3. The molecule has 5 heteroatoms. The predicted molar refractivity (Wildman–Crippen MR) is 86.3 cm³/mol. The van der Waals surface area contributed by atoms with Crippen LogP contribution in [0.2, 0.25) is 5.02 Å². The molecule has 1 aromatic rings.